The molecule has 1 aromatic carbocycles. The van der Waals surface area contributed by atoms with Gasteiger partial charge in [-0.05, 0) is 45.7 Å². The minimum absolute atomic E-state index is 0.0271. The zero-order chi connectivity index (χ0) is 15.4. The molecule has 1 aromatic rings. The summed E-state index contributed by atoms with van der Waals surface area (Å²) in [4.78, 5) is 2.25. The van der Waals surface area contributed by atoms with Crippen LogP contribution in [-0.4, -0.2) is 30.6 Å². The summed E-state index contributed by atoms with van der Waals surface area (Å²) in [5.41, 5.74) is 6.74. The number of ether oxygens (including phenoxy) is 1. The Morgan fingerprint density at radius 2 is 1.81 bits per heavy atom. The maximum absolute atomic E-state index is 12.5. The molecule has 1 aliphatic rings. The number of para-hydroxylation sites is 1. The second kappa shape index (κ2) is 7.18. The average Bonchev–Trinajstić information content (AvgIpc) is 2.46. The molecular formula is C16H24F2N2O. The molecule has 118 valence electrons. The maximum Gasteiger partial charge on any atom is 0.387 e. The molecule has 21 heavy (non-hydrogen) atoms. The summed E-state index contributed by atoms with van der Waals surface area (Å²) in [5.74, 6) is 0.263. The fourth-order valence-electron chi connectivity index (χ4n) is 3.07. The minimum atomic E-state index is -2.80. The van der Waals surface area contributed by atoms with Crippen molar-refractivity contribution < 1.29 is 13.5 Å². The van der Waals surface area contributed by atoms with Gasteiger partial charge in [-0.15, -0.1) is 0 Å². The van der Waals surface area contributed by atoms with Gasteiger partial charge in [0, 0.05) is 23.7 Å². The quantitative estimate of drug-likeness (QED) is 0.903. The Morgan fingerprint density at radius 3 is 2.43 bits per heavy atom. The van der Waals surface area contributed by atoms with E-state index in [4.69, 9.17) is 5.73 Å². The van der Waals surface area contributed by atoms with Crippen LogP contribution in [0.25, 0.3) is 0 Å². The van der Waals surface area contributed by atoms with Crippen molar-refractivity contribution in [3.05, 3.63) is 29.8 Å². The van der Waals surface area contributed by atoms with E-state index in [1.54, 1.807) is 12.1 Å². The molecule has 5 heteroatoms. The zero-order valence-electron chi connectivity index (χ0n) is 12.6. The van der Waals surface area contributed by atoms with E-state index in [1.165, 1.54) is 0 Å². The monoisotopic (exact) mass is 298 g/mol. The van der Waals surface area contributed by atoms with E-state index < -0.39 is 6.61 Å². The van der Waals surface area contributed by atoms with Crippen LogP contribution >= 0.6 is 0 Å². The minimum Gasteiger partial charge on any atom is -0.434 e. The van der Waals surface area contributed by atoms with Gasteiger partial charge in [0.25, 0.3) is 0 Å². The molecule has 0 heterocycles. The Hall–Kier alpha value is -1.20. The van der Waals surface area contributed by atoms with Gasteiger partial charge < -0.3 is 10.5 Å². The van der Waals surface area contributed by atoms with Gasteiger partial charge in [0.15, 0.2) is 0 Å². The first kappa shape index (κ1) is 16.2. The molecular weight excluding hydrogens is 274 g/mol. The number of halogens is 2. The van der Waals surface area contributed by atoms with Crippen molar-refractivity contribution in [1.82, 2.24) is 4.90 Å². The summed E-state index contributed by atoms with van der Waals surface area (Å²) in [6.45, 7) is -0.765. The summed E-state index contributed by atoms with van der Waals surface area (Å²) >= 11 is 0. The van der Waals surface area contributed by atoms with Crippen molar-refractivity contribution in [2.24, 2.45) is 5.73 Å². The predicted octanol–water partition coefficient (Wildman–Crippen LogP) is 3.55. The SMILES string of the molecule is CC(c1ccccc1OC(F)F)N(C)C1CCC(N)CC1. The third kappa shape index (κ3) is 4.14. The molecule has 2 N–H and O–H groups in total. The van der Waals surface area contributed by atoms with E-state index >= 15 is 0 Å². The summed E-state index contributed by atoms with van der Waals surface area (Å²) in [7, 11) is 2.05. The lowest BCUT2D eigenvalue weighted by atomic mass is 9.89. The number of rotatable bonds is 5. The highest BCUT2D eigenvalue weighted by Crippen LogP contribution is 2.33. The van der Waals surface area contributed by atoms with Crippen LogP contribution in [0.3, 0.4) is 0 Å². The molecule has 0 radical (unpaired) electrons. The molecule has 1 saturated carbocycles. The van der Waals surface area contributed by atoms with Gasteiger partial charge in [-0.3, -0.25) is 4.90 Å². The van der Waals surface area contributed by atoms with Gasteiger partial charge >= 0.3 is 6.61 Å². The number of hydrogen-bond acceptors (Lipinski definition) is 3. The third-order valence-corrected chi connectivity index (χ3v) is 4.51. The second-order valence-corrected chi connectivity index (χ2v) is 5.83. The summed E-state index contributed by atoms with van der Waals surface area (Å²) in [6.07, 6.45) is 4.16. The fourth-order valence-corrected chi connectivity index (χ4v) is 3.07. The maximum atomic E-state index is 12.5. The lowest BCUT2D eigenvalue weighted by molar-refractivity contribution is -0.0512. The first-order chi connectivity index (χ1) is 9.99. The van der Waals surface area contributed by atoms with Gasteiger partial charge in [0.1, 0.15) is 5.75 Å². The van der Waals surface area contributed by atoms with E-state index in [0.717, 1.165) is 31.2 Å². The number of nitrogens with two attached hydrogens (primary N) is 1. The molecule has 0 spiro atoms. The van der Waals surface area contributed by atoms with Gasteiger partial charge in [-0.25, -0.2) is 0 Å². The molecule has 1 atom stereocenters. The highest BCUT2D eigenvalue weighted by molar-refractivity contribution is 5.35. The van der Waals surface area contributed by atoms with Crippen molar-refractivity contribution in [2.45, 2.75) is 57.3 Å². The molecule has 3 nitrogen and oxygen atoms in total. The lowest BCUT2D eigenvalue weighted by Crippen LogP contribution is -2.40. The van der Waals surface area contributed by atoms with Crippen LogP contribution in [0.5, 0.6) is 5.75 Å². The van der Waals surface area contributed by atoms with Crippen LogP contribution in [0.4, 0.5) is 8.78 Å². The van der Waals surface area contributed by atoms with Crippen LogP contribution in [0.2, 0.25) is 0 Å². The molecule has 0 aromatic heterocycles. The van der Waals surface area contributed by atoms with Crippen molar-refractivity contribution in [1.29, 1.82) is 0 Å². The van der Waals surface area contributed by atoms with Crippen LogP contribution in [0.15, 0.2) is 24.3 Å². The molecule has 2 rings (SSSR count). The van der Waals surface area contributed by atoms with Gasteiger partial charge in [-0.1, -0.05) is 18.2 Å². The normalized spacial score (nSPS) is 24.3. The first-order valence-electron chi connectivity index (χ1n) is 7.50. The Bertz CT molecular complexity index is 448. The van der Waals surface area contributed by atoms with Crippen LogP contribution in [-0.2, 0) is 0 Å². The highest BCUT2D eigenvalue weighted by atomic mass is 19.3. The van der Waals surface area contributed by atoms with Crippen molar-refractivity contribution >= 4 is 0 Å². The number of alkyl halides is 2. The van der Waals surface area contributed by atoms with Crippen LogP contribution < -0.4 is 10.5 Å². The number of nitrogens with zero attached hydrogens (tertiary/aromatic N) is 1. The van der Waals surface area contributed by atoms with E-state index in [-0.39, 0.29) is 11.8 Å². The predicted molar refractivity (Wildman–Crippen MR) is 79.5 cm³/mol. The lowest BCUT2D eigenvalue weighted by Gasteiger charge is -2.37. The van der Waals surface area contributed by atoms with Gasteiger partial charge in [-0.2, -0.15) is 8.78 Å². The molecule has 0 saturated heterocycles. The molecule has 1 aliphatic carbocycles. The van der Waals surface area contributed by atoms with Crippen LogP contribution in [0, 0.1) is 0 Å². The van der Waals surface area contributed by atoms with E-state index in [1.807, 2.05) is 26.1 Å². The Labute approximate surface area is 125 Å². The molecule has 1 unspecified atom stereocenters. The third-order valence-electron chi connectivity index (χ3n) is 4.51. The summed E-state index contributed by atoms with van der Waals surface area (Å²) in [5, 5.41) is 0. The largest absolute Gasteiger partial charge is 0.434 e. The number of benzene rings is 1. The first-order valence-corrected chi connectivity index (χ1v) is 7.50. The topological polar surface area (TPSA) is 38.5 Å². The van der Waals surface area contributed by atoms with E-state index in [2.05, 4.69) is 9.64 Å². The van der Waals surface area contributed by atoms with Crippen molar-refractivity contribution in [3.63, 3.8) is 0 Å². The Morgan fingerprint density at radius 1 is 1.19 bits per heavy atom. The molecule has 1 fully saturated rings. The summed E-state index contributed by atoms with van der Waals surface area (Å²) in [6, 6.07) is 7.80. The smallest absolute Gasteiger partial charge is 0.387 e. The Balaban J connectivity index is 2.10. The van der Waals surface area contributed by atoms with Gasteiger partial charge in [0.2, 0.25) is 0 Å². The van der Waals surface area contributed by atoms with Crippen molar-refractivity contribution in [2.75, 3.05) is 7.05 Å². The number of hydrogen-bond donors (Lipinski definition) is 1. The van der Waals surface area contributed by atoms with E-state index in [0.29, 0.717) is 12.1 Å². The van der Waals surface area contributed by atoms with E-state index in [9.17, 15) is 8.78 Å². The average molecular weight is 298 g/mol. The summed E-state index contributed by atoms with van der Waals surface area (Å²) < 4.78 is 29.7. The second-order valence-electron chi connectivity index (χ2n) is 5.83. The molecule has 0 aliphatic heterocycles. The van der Waals surface area contributed by atoms with Crippen molar-refractivity contribution in [3.8, 4) is 5.75 Å². The fraction of sp³-hybridized carbons (Fsp3) is 0.625. The highest BCUT2D eigenvalue weighted by Gasteiger charge is 2.27. The van der Waals surface area contributed by atoms with Gasteiger partial charge in [0.05, 0.1) is 0 Å². The van der Waals surface area contributed by atoms with Crippen LogP contribution in [0.1, 0.15) is 44.2 Å². The molecule has 0 bridgehead atoms. The molecule has 0 amide bonds. The Kier molecular flexibility index (Phi) is 5.53. The standard InChI is InChI=1S/C16H24F2N2O/c1-11(20(2)13-9-7-12(19)8-10-13)14-5-3-4-6-15(14)21-16(17)18/h3-6,11-13,16H,7-10,19H2,1-2H3. The zero-order valence-corrected chi connectivity index (χ0v) is 12.6.